The Labute approximate surface area is 71.4 Å². The average Bonchev–Trinajstić information content (AvgIpc) is 2.04. The minimum atomic E-state index is 0.535. The first-order valence-electron chi connectivity index (χ1n) is 3.60. The highest BCUT2D eigenvalue weighted by Gasteiger charge is 2.04. The van der Waals surface area contributed by atoms with E-state index >= 15 is 0 Å². The Bertz CT molecular complexity index is 235. The van der Waals surface area contributed by atoms with Crippen molar-refractivity contribution < 1.29 is 0 Å². The third-order valence-electron chi connectivity index (χ3n) is 1.56. The fourth-order valence-corrected chi connectivity index (χ4v) is 1.60. The first-order chi connectivity index (χ1) is 5.25. The number of hydrogen-bond acceptors (Lipinski definition) is 3. The van der Waals surface area contributed by atoms with E-state index in [2.05, 4.69) is 30.3 Å². The maximum atomic E-state index is 3.85. The molecule has 2 nitrogen and oxygen atoms in total. The summed E-state index contributed by atoms with van der Waals surface area (Å²) in [7, 11) is 0. The van der Waals surface area contributed by atoms with E-state index in [9.17, 15) is 0 Å². The fraction of sp³-hybridized carbons (Fsp3) is 0.500. The molecular weight excluding hydrogens is 156 g/mol. The van der Waals surface area contributed by atoms with E-state index in [1.165, 1.54) is 10.5 Å². The molecule has 0 atom stereocenters. The molecule has 0 N–H and O–H groups in total. The summed E-state index contributed by atoms with van der Waals surface area (Å²) in [5.41, 5.74) is 1.28. The molecule has 3 heteroatoms. The molecule has 0 saturated heterocycles. The van der Waals surface area contributed by atoms with Crippen LogP contribution in [0.4, 0.5) is 0 Å². The normalized spacial score (nSPS) is 10.5. The molecule has 0 saturated carbocycles. The molecule has 0 radical (unpaired) electrons. The molecule has 0 aliphatic heterocycles. The number of thioether (sulfide) groups is 1. The van der Waals surface area contributed by atoms with Crippen molar-refractivity contribution in [1.82, 2.24) is 10.2 Å². The van der Waals surface area contributed by atoms with Gasteiger partial charge in [-0.2, -0.15) is 10.2 Å². The molecule has 0 unspecified atom stereocenters. The molecule has 11 heavy (non-hydrogen) atoms. The quantitative estimate of drug-likeness (QED) is 0.634. The molecule has 1 rings (SSSR count). The monoisotopic (exact) mass is 168 g/mol. The van der Waals surface area contributed by atoms with Gasteiger partial charge in [0.1, 0.15) is 0 Å². The summed E-state index contributed by atoms with van der Waals surface area (Å²) < 4.78 is 0. The van der Waals surface area contributed by atoms with Crippen molar-refractivity contribution in [3.63, 3.8) is 0 Å². The predicted octanol–water partition coefficient (Wildman–Crippen LogP) is 2.32. The van der Waals surface area contributed by atoms with Crippen LogP contribution in [0, 0.1) is 0 Å². The molecule has 60 valence electrons. The lowest BCUT2D eigenvalue weighted by Gasteiger charge is -2.07. The number of hydrogen-bond donors (Lipinski definition) is 0. The van der Waals surface area contributed by atoms with Crippen LogP contribution in [0.2, 0.25) is 0 Å². The lowest BCUT2D eigenvalue weighted by atomic mass is 10.1. The molecule has 0 fully saturated rings. The average molecular weight is 168 g/mol. The van der Waals surface area contributed by atoms with Crippen LogP contribution in [-0.2, 0) is 0 Å². The van der Waals surface area contributed by atoms with Gasteiger partial charge in [-0.3, -0.25) is 0 Å². The first kappa shape index (κ1) is 8.53. The van der Waals surface area contributed by atoms with Crippen LogP contribution >= 0.6 is 11.8 Å². The van der Waals surface area contributed by atoms with E-state index in [4.69, 9.17) is 0 Å². The molecular formula is C8H12N2S. The third-order valence-corrected chi connectivity index (χ3v) is 2.35. The lowest BCUT2D eigenvalue weighted by molar-refractivity contribution is 0.809. The number of rotatable bonds is 2. The van der Waals surface area contributed by atoms with E-state index in [1.807, 2.05) is 12.4 Å². The molecule has 1 aromatic rings. The molecule has 0 aliphatic carbocycles. The van der Waals surface area contributed by atoms with Crippen molar-refractivity contribution in [2.75, 3.05) is 6.26 Å². The van der Waals surface area contributed by atoms with Crippen molar-refractivity contribution in [2.45, 2.75) is 24.7 Å². The summed E-state index contributed by atoms with van der Waals surface area (Å²) in [5.74, 6) is 0.535. The van der Waals surface area contributed by atoms with Crippen molar-refractivity contribution >= 4 is 11.8 Å². The standard InChI is InChI=1S/C8H12N2S/c1-6(2)7-4-9-10-5-8(7)11-3/h4-6H,1-3H3. The van der Waals surface area contributed by atoms with E-state index in [0.717, 1.165) is 0 Å². The third kappa shape index (κ3) is 1.93. The van der Waals surface area contributed by atoms with Gasteiger partial charge in [-0.15, -0.1) is 11.8 Å². The van der Waals surface area contributed by atoms with E-state index in [0.29, 0.717) is 5.92 Å². The molecule has 1 heterocycles. The van der Waals surface area contributed by atoms with Gasteiger partial charge in [0, 0.05) is 4.90 Å². The van der Waals surface area contributed by atoms with Crippen LogP contribution in [0.15, 0.2) is 17.3 Å². The minimum Gasteiger partial charge on any atom is -0.159 e. The molecule has 0 aliphatic rings. The van der Waals surface area contributed by atoms with Crippen molar-refractivity contribution in [3.8, 4) is 0 Å². The Morgan fingerprint density at radius 2 is 1.91 bits per heavy atom. The second-order valence-electron chi connectivity index (χ2n) is 2.67. The summed E-state index contributed by atoms with van der Waals surface area (Å²) in [6.07, 6.45) is 5.72. The van der Waals surface area contributed by atoms with E-state index in [1.54, 1.807) is 11.8 Å². The van der Waals surface area contributed by atoms with Crippen LogP contribution < -0.4 is 0 Å². The SMILES string of the molecule is CSc1cnncc1C(C)C. The van der Waals surface area contributed by atoms with Gasteiger partial charge in [0.25, 0.3) is 0 Å². The van der Waals surface area contributed by atoms with Gasteiger partial charge in [-0.25, -0.2) is 0 Å². The first-order valence-corrected chi connectivity index (χ1v) is 4.82. The second kappa shape index (κ2) is 3.72. The van der Waals surface area contributed by atoms with E-state index in [-0.39, 0.29) is 0 Å². The zero-order valence-electron chi connectivity index (χ0n) is 7.03. The number of nitrogens with zero attached hydrogens (tertiary/aromatic N) is 2. The van der Waals surface area contributed by atoms with Crippen molar-refractivity contribution in [3.05, 3.63) is 18.0 Å². The summed E-state index contributed by atoms with van der Waals surface area (Å²) in [5, 5.41) is 7.68. The van der Waals surface area contributed by atoms with Crippen molar-refractivity contribution in [1.29, 1.82) is 0 Å². The zero-order valence-corrected chi connectivity index (χ0v) is 7.85. The smallest absolute Gasteiger partial charge is 0.0634 e. The lowest BCUT2D eigenvalue weighted by Crippen LogP contribution is -1.93. The van der Waals surface area contributed by atoms with Gasteiger partial charge in [0.2, 0.25) is 0 Å². The molecule has 0 amide bonds. The Balaban J connectivity index is 3.02. The summed E-state index contributed by atoms with van der Waals surface area (Å²) in [6.45, 7) is 4.33. The van der Waals surface area contributed by atoms with Crippen LogP contribution in [0.5, 0.6) is 0 Å². The predicted molar refractivity (Wildman–Crippen MR) is 47.9 cm³/mol. The molecule has 0 spiro atoms. The van der Waals surface area contributed by atoms with Crippen LogP contribution in [0.1, 0.15) is 25.3 Å². The topological polar surface area (TPSA) is 25.8 Å². The maximum absolute atomic E-state index is 3.85. The highest BCUT2D eigenvalue weighted by molar-refractivity contribution is 7.98. The van der Waals surface area contributed by atoms with Crippen LogP contribution in [0.25, 0.3) is 0 Å². The van der Waals surface area contributed by atoms with Gasteiger partial charge in [-0.1, -0.05) is 13.8 Å². The molecule has 0 aromatic carbocycles. The summed E-state index contributed by atoms with van der Waals surface area (Å²) in [6, 6.07) is 0. The number of aromatic nitrogens is 2. The Morgan fingerprint density at radius 3 is 2.36 bits per heavy atom. The zero-order chi connectivity index (χ0) is 8.27. The van der Waals surface area contributed by atoms with Gasteiger partial charge in [0.05, 0.1) is 12.4 Å². The highest BCUT2D eigenvalue weighted by Crippen LogP contribution is 2.24. The Kier molecular flexibility index (Phi) is 2.88. The summed E-state index contributed by atoms with van der Waals surface area (Å²) in [4.78, 5) is 1.23. The largest absolute Gasteiger partial charge is 0.159 e. The summed E-state index contributed by atoms with van der Waals surface area (Å²) >= 11 is 1.72. The highest BCUT2D eigenvalue weighted by atomic mass is 32.2. The van der Waals surface area contributed by atoms with Gasteiger partial charge >= 0.3 is 0 Å². The van der Waals surface area contributed by atoms with Crippen molar-refractivity contribution in [2.24, 2.45) is 0 Å². The van der Waals surface area contributed by atoms with E-state index < -0.39 is 0 Å². The Morgan fingerprint density at radius 1 is 1.27 bits per heavy atom. The van der Waals surface area contributed by atoms with Gasteiger partial charge < -0.3 is 0 Å². The van der Waals surface area contributed by atoms with Gasteiger partial charge in [0.15, 0.2) is 0 Å². The minimum absolute atomic E-state index is 0.535. The fourth-order valence-electron chi connectivity index (χ4n) is 0.924. The Hall–Kier alpha value is -0.570. The maximum Gasteiger partial charge on any atom is 0.0634 e. The van der Waals surface area contributed by atoms with Gasteiger partial charge in [-0.05, 0) is 17.7 Å². The molecule has 1 aromatic heterocycles. The second-order valence-corrected chi connectivity index (χ2v) is 3.52. The molecule has 0 bridgehead atoms. The van der Waals surface area contributed by atoms with Crippen LogP contribution in [0.3, 0.4) is 0 Å². The van der Waals surface area contributed by atoms with Crippen LogP contribution in [-0.4, -0.2) is 16.5 Å².